The van der Waals surface area contributed by atoms with Crippen molar-refractivity contribution in [1.82, 2.24) is 0 Å². The van der Waals surface area contributed by atoms with E-state index in [1.54, 1.807) is 6.08 Å². The largest absolute Gasteiger partial charge is 0.472 e. The fourth-order valence-corrected chi connectivity index (χ4v) is 7.97. The van der Waals surface area contributed by atoms with Gasteiger partial charge in [0.1, 0.15) is 12.7 Å². The summed E-state index contributed by atoms with van der Waals surface area (Å²) in [5.74, 6) is -0.546. The topological polar surface area (TPSA) is 210 Å². The first-order valence-electron chi connectivity index (χ1n) is 22.3. The van der Waals surface area contributed by atoms with E-state index in [-0.39, 0.29) is 31.3 Å². The van der Waals surface area contributed by atoms with E-state index < -0.39 is 70.1 Å². The van der Waals surface area contributed by atoms with E-state index in [0.717, 1.165) is 63.7 Å². The van der Waals surface area contributed by atoms with Gasteiger partial charge in [-0.1, -0.05) is 142 Å². The molecule has 1 saturated carbocycles. The number of phosphoric acid groups is 1. The number of esters is 2. The summed E-state index contributed by atoms with van der Waals surface area (Å²) in [5, 5.41) is 49.7. The van der Waals surface area contributed by atoms with Gasteiger partial charge in [-0.2, -0.15) is 0 Å². The number of hydrogen-bond acceptors (Lipinski definition) is 12. The van der Waals surface area contributed by atoms with E-state index in [1.807, 2.05) is 6.08 Å². The van der Waals surface area contributed by atoms with E-state index in [2.05, 4.69) is 25.3 Å². The van der Waals surface area contributed by atoms with Crippen molar-refractivity contribution in [1.29, 1.82) is 0 Å². The Morgan fingerprint density at radius 3 is 1.91 bits per heavy atom. The van der Waals surface area contributed by atoms with Crippen LogP contribution in [0.15, 0.2) is 12.2 Å². The molecule has 9 atom stereocenters. The maximum absolute atomic E-state index is 12.7. The summed E-state index contributed by atoms with van der Waals surface area (Å²) < 4.78 is 32.7. The molecular weight excluding hydrogens is 755 g/mol. The van der Waals surface area contributed by atoms with Crippen molar-refractivity contribution in [2.45, 2.75) is 205 Å². The second-order valence-electron chi connectivity index (χ2n) is 16.3. The highest BCUT2D eigenvalue weighted by molar-refractivity contribution is 7.47. The van der Waals surface area contributed by atoms with Crippen molar-refractivity contribution in [3.05, 3.63) is 12.2 Å². The number of carbonyl (C=O) groups excluding carboxylic acids is 2. The number of unbranched alkanes of at least 4 members (excludes halogenated alkanes) is 14. The Morgan fingerprint density at radius 1 is 0.737 bits per heavy atom. The van der Waals surface area contributed by atoms with Gasteiger partial charge in [0.25, 0.3) is 0 Å². The van der Waals surface area contributed by atoms with Crippen LogP contribution in [0.4, 0.5) is 0 Å². The third-order valence-electron chi connectivity index (χ3n) is 11.1. The first-order chi connectivity index (χ1) is 27.3. The molecule has 0 aromatic rings. The van der Waals surface area contributed by atoms with Gasteiger partial charge < -0.3 is 39.9 Å². The lowest BCUT2D eigenvalue weighted by Crippen LogP contribution is -2.29. The normalized spacial score (nSPS) is 21.6. The maximum atomic E-state index is 12.7. The molecule has 0 saturated heterocycles. The Balaban J connectivity index is 2.44. The van der Waals surface area contributed by atoms with Gasteiger partial charge in [-0.25, -0.2) is 4.57 Å². The minimum atomic E-state index is -4.67. The Labute approximate surface area is 343 Å². The lowest BCUT2D eigenvalue weighted by atomic mass is 9.88. The number of phosphoric ester groups is 1. The summed E-state index contributed by atoms with van der Waals surface area (Å²) in [7, 11) is -4.67. The predicted octanol–water partition coefficient (Wildman–Crippen LogP) is 7.85. The van der Waals surface area contributed by atoms with E-state index in [0.29, 0.717) is 32.1 Å². The van der Waals surface area contributed by atoms with Gasteiger partial charge in [0, 0.05) is 25.2 Å². The second kappa shape index (κ2) is 33.3. The van der Waals surface area contributed by atoms with E-state index in [4.69, 9.17) is 19.1 Å². The highest BCUT2D eigenvalue weighted by atomic mass is 31.2. The van der Waals surface area contributed by atoms with Crippen LogP contribution in [0.25, 0.3) is 0 Å². The minimum absolute atomic E-state index is 0.0980. The van der Waals surface area contributed by atoms with Crippen LogP contribution in [-0.2, 0) is 32.7 Å². The number of ether oxygens (including phenoxy) is 2. The molecule has 0 heterocycles. The van der Waals surface area contributed by atoms with Crippen LogP contribution in [0.2, 0.25) is 0 Å². The standard InChI is InChI=1S/C43H81O13P/c1-4-6-17-23-35(45)27-28-39-38(40(47)29-41(39)48)24-19-15-16-20-25-42(49)53-32-37(33-55-57(51,52)54-31-36(46)30-44)56-43(50)26-21-14-12-10-8-7-9-11-13-18-22-34(3)5-2/h27-28,34-41,44-48H,4-26,29-33H2,1-3H3,(H,51,52)/b28-27+/t34?,35-,36-,37+,38+,39+,40-,41+/m0/s1. The summed E-state index contributed by atoms with van der Waals surface area (Å²) in [6.07, 6.45) is 21.0. The Kier molecular flexibility index (Phi) is 31.3. The highest BCUT2D eigenvalue weighted by Gasteiger charge is 2.39. The van der Waals surface area contributed by atoms with E-state index in [1.165, 1.54) is 51.4 Å². The molecule has 1 fully saturated rings. The zero-order valence-electron chi connectivity index (χ0n) is 35.6. The molecule has 0 aliphatic heterocycles. The first kappa shape index (κ1) is 53.6. The molecule has 0 aromatic carbocycles. The summed E-state index contributed by atoms with van der Waals surface area (Å²) in [6, 6.07) is 0. The Bertz CT molecular complexity index is 1090. The average Bonchev–Trinajstić information content (AvgIpc) is 3.46. The van der Waals surface area contributed by atoms with Gasteiger partial charge in [0.05, 0.1) is 38.1 Å². The van der Waals surface area contributed by atoms with Crippen molar-refractivity contribution in [3.8, 4) is 0 Å². The van der Waals surface area contributed by atoms with Crippen LogP contribution < -0.4 is 0 Å². The van der Waals surface area contributed by atoms with E-state index >= 15 is 0 Å². The van der Waals surface area contributed by atoms with Gasteiger partial charge in [-0.05, 0) is 37.5 Å². The predicted molar refractivity (Wildman–Crippen MR) is 221 cm³/mol. The van der Waals surface area contributed by atoms with E-state index in [9.17, 15) is 39.5 Å². The maximum Gasteiger partial charge on any atom is 0.472 e. The molecule has 0 aromatic heterocycles. The molecule has 14 heteroatoms. The first-order valence-corrected chi connectivity index (χ1v) is 23.8. The molecule has 1 aliphatic rings. The SMILES string of the molecule is CCCCC[C@H](O)/C=C/[C@@H]1[C@@H](CCCCCCC(=O)OC[C@H](COP(=O)(O)OC[C@@H](O)CO)OC(=O)CCCCCCCCCCCCC(C)CC)[C@@H](O)C[C@H]1O. The summed E-state index contributed by atoms with van der Waals surface area (Å²) in [4.78, 5) is 35.2. The fourth-order valence-electron chi connectivity index (χ4n) is 7.18. The van der Waals surface area contributed by atoms with Gasteiger partial charge in [-0.3, -0.25) is 18.6 Å². The summed E-state index contributed by atoms with van der Waals surface area (Å²) >= 11 is 0. The zero-order chi connectivity index (χ0) is 42.3. The third kappa shape index (κ3) is 27.9. The van der Waals surface area contributed by atoms with Crippen molar-refractivity contribution in [2.75, 3.05) is 26.4 Å². The van der Waals surface area contributed by atoms with Crippen molar-refractivity contribution in [3.63, 3.8) is 0 Å². The van der Waals surface area contributed by atoms with Crippen LogP contribution in [0, 0.1) is 17.8 Å². The number of aliphatic hydroxyl groups is 5. The molecule has 6 N–H and O–H groups in total. The number of aliphatic hydroxyl groups excluding tert-OH is 5. The summed E-state index contributed by atoms with van der Waals surface area (Å²) in [6.45, 7) is 4.38. The minimum Gasteiger partial charge on any atom is -0.462 e. The van der Waals surface area contributed by atoms with Crippen LogP contribution in [0.5, 0.6) is 0 Å². The van der Waals surface area contributed by atoms with Crippen molar-refractivity contribution < 1.29 is 63.1 Å². The third-order valence-corrected chi connectivity index (χ3v) is 12.0. The quantitative estimate of drug-likeness (QED) is 0.0153. The molecule has 1 aliphatic carbocycles. The van der Waals surface area contributed by atoms with Crippen LogP contribution in [0.1, 0.15) is 175 Å². The van der Waals surface area contributed by atoms with Crippen LogP contribution >= 0.6 is 7.82 Å². The molecule has 57 heavy (non-hydrogen) atoms. The summed E-state index contributed by atoms with van der Waals surface area (Å²) in [5.41, 5.74) is 0. The van der Waals surface area contributed by atoms with Gasteiger partial charge in [0.2, 0.25) is 0 Å². The second-order valence-corrected chi connectivity index (χ2v) is 17.7. The van der Waals surface area contributed by atoms with Crippen LogP contribution in [0.3, 0.4) is 0 Å². The molecule has 1 rings (SSSR count). The number of carbonyl (C=O) groups is 2. The van der Waals surface area contributed by atoms with Gasteiger partial charge in [-0.15, -0.1) is 0 Å². The Morgan fingerprint density at radius 2 is 1.30 bits per heavy atom. The van der Waals surface area contributed by atoms with Crippen LogP contribution in [-0.4, -0.2) is 99.3 Å². The molecule has 2 unspecified atom stereocenters. The molecule has 13 nitrogen and oxygen atoms in total. The van der Waals surface area contributed by atoms with Gasteiger partial charge >= 0.3 is 19.8 Å². The fraction of sp³-hybridized carbons (Fsp3) is 0.907. The molecular formula is C43H81O13P. The zero-order valence-corrected chi connectivity index (χ0v) is 36.5. The van der Waals surface area contributed by atoms with Crippen molar-refractivity contribution >= 4 is 19.8 Å². The van der Waals surface area contributed by atoms with Gasteiger partial charge in [0.15, 0.2) is 6.10 Å². The van der Waals surface area contributed by atoms with Crippen molar-refractivity contribution in [2.24, 2.45) is 17.8 Å². The molecule has 0 radical (unpaired) electrons. The Hall–Kier alpha value is -1.41. The smallest absolute Gasteiger partial charge is 0.462 e. The highest BCUT2D eigenvalue weighted by Crippen LogP contribution is 2.43. The monoisotopic (exact) mass is 837 g/mol. The average molecular weight is 837 g/mol. The lowest BCUT2D eigenvalue weighted by Gasteiger charge is -2.21. The molecule has 0 spiro atoms. The number of rotatable bonds is 37. The molecule has 0 amide bonds. The number of hydrogen-bond donors (Lipinski definition) is 6. The lowest BCUT2D eigenvalue weighted by molar-refractivity contribution is -0.161. The molecule has 0 bridgehead atoms. The molecule has 336 valence electrons.